The van der Waals surface area contributed by atoms with Crippen LogP contribution in [0.2, 0.25) is 0 Å². The van der Waals surface area contributed by atoms with E-state index in [1.54, 1.807) is 11.9 Å². The molecular weight excluding hydrogens is 226 g/mol. The minimum absolute atomic E-state index is 0.301. The first-order chi connectivity index (χ1) is 8.09. The summed E-state index contributed by atoms with van der Waals surface area (Å²) in [4.78, 5) is 22.0. The number of amides is 2. The number of carbonyl (C=O) groups is 2. The Labute approximate surface area is 100 Å². The van der Waals surface area contributed by atoms with Crippen molar-refractivity contribution in [1.82, 2.24) is 15.8 Å². The zero-order valence-electron chi connectivity index (χ0n) is 9.94. The fourth-order valence-electron chi connectivity index (χ4n) is 1.38. The third-order valence-corrected chi connectivity index (χ3v) is 2.56. The molecule has 0 spiro atoms. The van der Waals surface area contributed by atoms with Gasteiger partial charge in [0.25, 0.3) is 0 Å². The molecule has 1 fully saturated rings. The van der Waals surface area contributed by atoms with E-state index in [9.17, 15) is 9.59 Å². The number of hydrazine groups is 1. The smallest absolute Gasteiger partial charge is 0.329 e. The van der Waals surface area contributed by atoms with E-state index in [-0.39, 0.29) is 6.03 Å². The quantitative estimate of drug-likeness (QED) is 0.615. The van der Waals surface area contributed by atoms with E-state index in [1.165, 1.54) is 0 Å². The van der Waals surface area contributed by atoms with Crippen LogP contribution in [-0.2, 0) is 9.53 Å². The van der Waals surface area contributed by atoms with Crippen LogP contribution >= 0.6 is 0 Å². The monoisotopic (exact) mass is 245 g/mol. The highest BCUT2D eigenvalue weighted by atomic mass is 16.5. The summed E-state index contributed by atoms with van der Waals surface area (Å²) < 4.78 is 5.14. The van der Waals surface area contributed by atoms with Crippen molar-refractivity contribution in [3.05, 3.63) is 0 Å². The highest BCUT2D eigenvalue weighted by Gasteiger charge is 2.14. The minimum Gasteiger partial charge on any atom is -0.481 e. The Morgan fingerprint density at radius 3 is 2.65 bits per heavy atom. The van der Waals surface area contributed by atoms with Crippen LogP contribution < -0.4 is 10.7 Å². The average molecular weight is 245 g/mol. The maximum absolute atomic E-state index is 11.4. The fourth-order valence-corrected chi connectivity index (χ4v) is 1.38. The summed E-state index contributed by atoms with van der Waals surface area (Å²) in [7, 11) is 0. The molecule has 17 heavy (non-hydrogen) atoms. The van der Waals surface area contributed by atoms with Crippen molar-refractivity contribution in [3.63, 3.8) is 0 Å². The lowest BCUT2D eigenvalue weighted by atomic mass is 10.1. The molecular formula is C10H19N3O4. The molecule has 1 aliphatic rings. The van der Waals surface area contributed by atoms with Crippen LogP contribution in [0.15, 0.2) is 0 Å². The van der Waals surface area contributed by atoms with Crippen LogP contribution in [0, 0.1) is 5.92 Å². The molecule has 7 nitrogen and oxygen atoms in total. The third kappa shape index (κ3) is 5.50. The molecule has 0 aliphatic carbocycles. The van der Waals surface area contributed by atoms with Crippen molar-refractivity contribution in [2.75, 3.05) is 32.8 Å². The van der Waals surface area contributed by atoms with Crippen molar-refractivity contribution in [3.8, 4) is 0 Å². The largest absolute Gasteiger partial charge is 0.481 e. The van der Waals surface area contributed by atoms with E-state index in [4.69, 9.17) is 9.84 Å². The van der Waals surface area contributed by atoms with Gasteiger partial charge >= 0.3 is 12.0 Å². The summed E-state index contributed by atoms with van der Waals surface area (Å²) in [5.41, 5.74) is 2.68. The fraction of sp³-hybridized carbons (Fsp3) is 0.800. The molecule has 1 aliphatic heterocycles. The third-order valence-electron chi connectivity index (χ3n) is 2.56. The number of nitrogens with one attached hydrogen (secondary N) is 2. The number of rotatable bonds is 5. The van der Waals surface area contributed by atoms with E-state index in [1.807, 2.05) is 0 Å². The molecule has 2 amide bonds. The Morgan fingerprint density at radius 2 is 2.06 bits per heavy atom. The number of hydrogen-bond acceptors (Lipinski definition) is 4. The lowest BCUT2D eigenvalue weighted by Crippen LogP contribution is -2.51. The molecule has 3 N–H and O–H groups in total. The molecule has 98 valence electrons. The number of carbonyl (C=O) groups excluding carboxylic acids is 1. The zero-order valence-corrected chi connectivity index (χ0v) is 9.94. The van der Waals surface area contributed by atoms with Gasteiger partial charge in [-0.05, 0) is 6.42 Å². The number of ether oxygens (including phenoxy) is 1. The first-order valence-electron chi connectivity index (χ1n) is 5.69. The molecule has 1 saturated heterocycles. The number of morpholine rings is 1. The summed E-state index contributed by atoms with van der Waals surface area (Å²) >= 11 is 0. The molecule has 7 heteroatoms. The van der Waals surface area contributed by atoms with Crippen LogP contribution in [0.4, 0.5) is 4.79 Å². The summed E-state index contributed by atoms with van der Waals surface area (Å²) in [6.07, 6.45) is 0.422. The van der Waals surface area contributed by atoms with Gasteiger partial charge in [0.1, 0.15) is 0 Å². The van der Waals surface area contributed by atoms with Crippen LogP contribution in [0.3, 0.4) is 0 Å². The first-order valence-corrected chi connectivity index (χ1v) is 5.69. The van der Waals surface area contributed by atoms with Gasteiger partial charge in [-0.2, -0.15) is 0 Å². The van der Waals surface area contributed by atoms with Gasteiger partial charge in [0.2, 0.25) is 0 Å². The molecule has 0 aromatic rings. The summed E-state index contributed by atoms with van der Waals surface area (Å²) in [5.74, 6) is -1.29. The number of carboxylic acids is 1. The van der Waals surface area contributed by atoms with E-state index in [0.29, 0.717) is 39.3 Å². The predicted molar refractivity (Wildman–Crippen MR) is 60.3 cm³/mol. The van der Waals surface area contributed by atoms with Crippen molar-refractivity contribution in [1.29, 1.82) is 0 Å². The number of urea groups is 1. The Bertz CT molecular complexity index is 266. The molecule has 1 unspecified atom stereocenters. The molecule has 0 aromatic carbocycles. The van der Waals surface area contributed by atoms with Crippen molar-refractivity contribution in [2.45, 2.75) is 13.3 Å². The van der Waals surface area contributed by atoms with Gasteiger partial charge in [-0.1, -0.05) is 6.92 Å². The zero-order chi connectivity index (χ0) is 12.7. The lowest BCUT2D eigenvalue weighted by Gasteiger charge is -2.26. The Morgan fingerprint density at radius 1 is 1.41 bits per heavy atom. The maximum Gasteiger partial charge on any atom is 0.329 e. The number of hydrogen-bond donors (Lipinski definition) is 3. The molecule has 0 saturated carbocycles. The second-order valence-electron chi connectivity index (χ2n) is 4.00. The van der Waals surface area contributed by atoms with Gasteiger partial charge in [0, 0.05) is 19.6 Å². The van der Waals surface area contributed by atoms with Gasteiger partial charge in [-0.25, -0.2) is 9.80 Å². The second kappa shape index (κ2) is 7.08. The number of nitrogens with zero attached hydrogens (tertiary/aromatic N) is 1. The lowest BCUT2D eigenvalue weighted by molar-refractivity contribution is -0.141. The van der Waals surface area contributed by atoms with E-state index >= 15 is 0 Å². The average Bonchev–Trinajstić information content (AvgIpc) is 2.30. The number of carboxylic acid groups (broad SMARTS) is 1. The van der Waals surface area contributed by atoms with E-state index < -0.39 is 11.9 Å². The van der Waals surface area contributed by atoms with Gasteiger partial charge in [-0.15, -0.1) is 0 Å². The second-order valence-corrected chi connectivity index (χ2v) is 4.00. The van der Waals surface area contributed by atoms with Gasteiger partial charge in [0.15, 0.2) is 0 Å². The molecule has 1 heterocycles. The summed E-state index contributed by atoms with van der Waals surface area (Å²) in [6, 6.07) is -0.301. The molecule has 1 atom stereocenters. The Kier molecular flexibility index (Phi) is 5.71. The molecule has 1 rings (SSSR count). The maximum atomic E-state index is 11.4. The van der Waals surface area contributed by atoms with Crippen LogP contribution in [0.25, 0.3) is 0 Å². The number of aliphatic carboxylic acids is 1. The van der Waals surface area contributed by atoms with Crippen LogP contribution in [-0.4, -0.2) is 55.0 Å². The van der Waals surface area contributed by atoms with Gasteiger partial charge < -0.3 is 15.2 Å². The molecule has 0 radical (unpaired) electrons. The topological polar surface area (TPSA) is 90.9 Å². The highest BCUT2D eigenvalue weighted by molar-refractivity contribution is 5.73. The SMILES string of the molecule is CC(CCNC(=O)NN1CCOCC1)C(=O)O. The highest BCUT2D eigenvalue weighted by Crippen LogP contribution is 1.99. The van der Waals surface area contributed by atoms with E-state index in [2.05, 4.69) is 10.7 Å². The van der Waals surface area contributed by atoms with E-state index in [0.717, 1.165) is 0 Å². The summed E-state index contributed by atoms with van der Waals surface area (Å²) in [5, 5.41) is 13.1. The molecule has 0 aromatic heterocycles. The van der Waals surface area contributed by atoms with Crippen LogP contribution in [0.1, 0.15) is 13.3 Å². The van der Waals surface area contributed by atoms with Gasteiger partial charge in [-0.3, -0.25) is 10.2 Å². The van der Waals surface area contributed by atoms with Gasteiger partial charge in [0.05, 0.1) is 19.1 Å². The van der Waals surface area contributed by atoms with Crippen molar-refractivity contribution >= 4 is 12.0 Å². The first kappa shape index (κ1) is 13.7. The van der Waals surface area contributed by atoms with Crippen LogP contribution in [0.5, 0.6) is 0 Å². The minimum atomic E-state index is -0.847. The van der Waals surface area contributed by atoms with Crippen molar-refractivity contribution in [2.24, 2.45) is 5.92 Å². The summed E-state index contributed by atoms with van der Waals surface area (Å²) in [6.45, 7) is 4.51. The van der Waals surface area contributed by atoms with Crippen molar-refractivity contribution < 1.29 is 19.4 Å². The molecule has 0 bridgehead atoms. The normalized spacial score (nSPS) is 18.4. The Hall–Kier alpha value is -1.34. The predicted octanol–water partition coefficient (Wildman–Crippen LogP) is -0.356. The Balaban J connectivity index is 2.10. The standard InChI is InChI=1S/C10H19N3O4/c1-8(9(14)15)2-3-11-10(16)12-13-4-6-17-7-5-13/h8H,2-7H2,1H3,(H,14,15)(H2,11,12,16).